The van der Waals surface area contributed by atoms with Gasteiger partial charge in [-0.25, -0.2) is 12.8 Å². The van der Waals surface area contributed by atoms with Crippen molar-refractivity contribution in [3.8, 4) is 0 Å². The van der Waals surface area contributed by atoms with E-state index >= 15 is 0 Å². The maximum atomic E-state index is 14.3. The fourth-order valence-corrected chi connectivity index (χ4v) is 4.97. The van der Waals surface area contributed by atoms with Crippen molar-refractivity contribution in [3.63, 3.8) is 0 Å². The number of nitrogens with zero attached hydrogens (tertiary/aromatic N) is 2. The monoisotopic (exact) mass is 539 g/mol. The second kappa shape index (κ2) is 13.6. The molecule has 2 amide bonds. The summed E-state index contributed by atoms with van der Waals surface area (Å²) >= 11 is 6.34. The first kappa shape index (κ1) is 29.6. The van der Waals surface area contributed by atoms with Gasteiger partial charge in [-0.3, -0.25) is 13.9 Å². The van der Waals surface area contributed by atoms with Gasteiger partial charge in [0.2, 0.25) is 21.8 Å². The molecule has 198 valence electrons. The summed E-state index contributed by atoms with van der Waals surface area (Å²) in [5.74, 6) is -1.23. The Kier molecular flexibility index (Phi) is 11.2. The number of carbonyl (C=O) groups is 2. The quantitative estimate of drug-likeness (QED) is 0.398. The van der Waals surface area contributed by atoms with Gasteiger partial charge in [-0.1, -0.05) is 55.8 Å². The highest BCUT2D eigenvalue weighted by atomic mass is 35.5. The molecule has 2 rings (SSSR count). The Hall–Kier alpha value is -2.65. The van der Waals surface area contributed by atoms with Gasteiger partial charge >= 0.3 is 0 Å². The van der Waals surface area contributed by atoms with Crippen LogP contribution < -0.4 is 9.62 Å². The van der Waals surface area contributed by atoms with E-state index in [2.05, 4.69) is 5.32 Å². The number of para-hydroxylation sites is 1. The highest BCUT2D eigenvalue weighted by molar-refractivity contribution is 7.92. The van der Waals surface area contributed by atoms with Crippen molar-refractivity contribution >= 4 is 39.1 Å². The second-order valence-corrected chi connectivity index (χ2v) is 11.1. The van der Waals surface area contributed by atoms with Gasteiger partial charge in [0.05, 0.1) is 11.9 Å². The number of hydrogen-bond donors (Lipinski definition) is 1. The van der Waals surface area contributed by atoms with Crippen LogP contribution in [-0.4, -0.2) is 50.0 Å². The van der Waals surface area contributed by atoms with Crippen LogP contribution in [0.25, 0.3) is 0 Å². The number of nitrogens with one attached hydrogen (secondary N) is 1. The van der Waals surface area contributed by atoms with Gasteiger partial charge in [0, 0.05) is 30.6 Å². The zero-order valence-electron chi connectivity index (χ0n) is 21.2. The van der Waals surface area contributed by atoms with E-state index in [1.54, 1.807) is 24.3 Å². The minimum absolute atomic E-state index is 0.0297. The van der Waals surface area contributed by atoms with E-state index in [0.29, 0.717) is 17.0 Å². The molecule has 0 saturated heterocycles. The summed E-state index contributed by atoms with van der Waals surface area (Å²) in [4.78, 5) is 27.9. The third-order valence-electron chi connectivity index (χ3n) is 5.96. The lowest BCUT2D eigenvalue weighted by molar-refractivity contribution is -0.141. The number of benzene rings is 2. The maximum Gasteiger partial charge on any atom is 0.243 e. The zero-order valence-corrected chi connectivity index (χ0v) is 22.8. The molecular weight excluding hydrogens is 505 g/mol. The van der Waals surface area contributed by atoms with Crippen LogP contribution in [0.1, 0.15) is 52.0 Å². The lowest BCUT2D eigenvalue weighted by Crippen LogP contribution is -2.50. The molecule has 1 N–H and O–H groups in total. The van der Waals surface area contributed by atoms with E-state index in [0.717, 1.165) is 17.0 Å². The number of halogens is 2. The molecule has 0 aliphatic heterocycles. The number of carbonyl (C=O) groups excluding carboxylic acids is 2. The summed E-state index contributed by atoms with van der Waals surface area (Å²) < 4.78 is 39.9. The van der Waals surface area contributed by atoms with E-state index in [1.165, 1.54) is 23.1 Å². The van der Waals surface area contributed by atoms with Gasteiger partial charge in [0.1, 0.15) is 11.9 Å². The Morgan fingerprint density at radius 3 is 2.28 bits per heavy atom. The first-order valence-corrected chi connectivity index (χ1v) is 14.3. The third-order valence-corrected chi connectivity index (χ3v) is 7.51. The predicted octanol–water partition coefficient (Wildman–Crippen LogP) is 4.75. The first-order chi connectivity index (χ1) is 17.0. The fraction of sp³-hybridized carbons (Fsp3) is 0.462. The lowest BCUT2D eigenvalue weighted by atomic mass is 10.1. The van der Waals surface area contributed by atoms with Crippen molar-refractivity contribution in [3.05, 3.63) is 64.9 Å². The van der Waals surface area contributed by atoms with E-state index in [9.17, 15) is 22.4 Å². The van der Waals surface area contributed by atoms with Crippen LogP contribution >= 0.6 is 11.6 Å². The van der Waals surface area contributed by atoms with Crippen molar-refractivity contribution < 1.29 is 22.4 Å². The zero-order chi connectivity index (χ0) is 26.9. The molecule has 0 fully saturated rings. The maximum absolute atomic E-state index is 14.3. The summed E-state index contributed by atoms with van der Waals surface area (Å²) in [5.41, 5.74) is 0.631. The molecule has 0 aromatic heterocycles. The fourth-order valence-electron chi connectivity index (χ4n) is 3.81. The summed E-state index contributed by atoms with van der Waals surface area (Å²) in [6, 6.07) is 11.9. The molecule has 0 radical (unpaired) electrons. The van der Waals surface area contributed by atoms with Crippen LogP contribution in [0.15, 0.2) is 48.5 Å². The number of anilines is 1. The van der Waals surface area contributed by atoms with Crippen LogP contribution in [-0.2, 0) is 26.2 Å². The minimum atomic E-state index is -3.78. The molecule has 7 nitrogen and oxygen atoms in total. The number of rotatable bonds is 13. The number of sulfonamides is 1. The Labute approximate surface area is 218 Å². The molecule has 0 heterocycles. The smallest absolute Gasteiger partial charge is 0.243 e. The van der Waals surface area contributed by atoms with E-state index in [1.807, 2.05) is 26.8 Å². The van der Waals surface area contributed by atoms with Gasteiger partial charge in [-0.15, -0.1) is 0 Å². The second-order valence-electron chi connectivity index (χ2n) is 8.75. The molecule has 0 aliphatic rings. The van der Waals surface area contributed by atoms with Crippen LogP contribution in [0.5, 0.6) is 0 Å². The molecule has 0 bridgehead atoms. The van der Waals surface area contributed by atoms with Crippen LogP contribution in [0.4, 0.5) is 10.1 Å². The van der Waals surface area contributed by atoms with Crippen molar-refractivity contribution in [2.75, 3.05) is 17.1 Å². The minimum Gasteiger partial charge on any atom is -0.352 e. The van der Waals surface area contributed by atoms with Crippen LogP contribution in [0.2, 0.25) is 5.02 Å². The average molecular weight is 540 g/mol. The highest BCUT2D eigenvalue weighted by Gasteiger charge is 2.30. The summed E-state index contributed by atoms with van der Waals surface area (Å²) in [6.45, 7) is 5.74. The molecular formula is C26H35ClFN3O4S. The van der Waals surface area contributed by atoms with Gasteiger partial charge < -0.3 is 10.2 Å². The Bertz CT molecular complexity index is 1150. The highest BCUT2D eigenvalue weighted by Crippen LogP contribution is 2.23. The Morgan fingerprint density at radius 1 is 1.06 bits per heavy atom. The van der Waals surface area contributed by atoms with Crippen LogP contribution in [0.3, 0.4) is 0 Å². The molecule has 10 heteroatoms. The molecule has 2 aromatic rings. The first-order valence-electron chi connectivity index (χ1n) is 12.0. The largest absolute Gasteiger partial charge is 0.352 e. The molecule has 2 atom stereocenters. The van der Waals surface area contributed by atoms with E-state index < -0.39 is 21.9 Å². The van der Waals surface area contributed by atoms with Gasteiger partial charge in [0.25, 0.3) is 0 Å². The molecule has 2 aromatic carbocycles. The molecule has 0 unspecified atom stereocenters. The summed E-state index contributed by atoms with van der Waals surface area (Å²) in [7, 11) is -3.78. The van der Waals surface area contributed by atoms with Crippen molar-refractivity contribution in [2.24, 2.45) is 0 Å². The predicted molar refractivity (Wildman–Crippen MR) is 142 cm³/mol. The van der Waals surface area contributed by atoms with Crippen molar-refractivity contribution in [2.45, 2.75) is 65.1 Å². The molecule has 0 saturated carbocycles. The summed E-state index contributed by atoms with van der Waals surface area (Å²) in [5, 5.41) is 3.42. The lowest BCUT2D eigenvalue weighted by Gasteiger charge is -2.32. The average Bonchev–Trinajstić information content (AvgIpc) is 2.82. The standard InChI is InChI=1S/C26H35ClFN3O4S/c1-5-19(3)29-26(33)23(6-2)30(18-20-12-7-8-13-21(20)27)25(32)16-11-17-31(36(4,34)35)24-15-10-9-14-22(24)28/h7-10,12-15,19,23H,5-6,11,16-18H2,1-4H3,(H,29,33)/t19-,23+/m0/s1. The molecule has 0 aliphatic carbocycles. The Morgan fingerprint density at radius 2 is 1.69 bits per heavy atom. The normalized spacial score (nSPS) is 13.1. The topological polar surface area (TPSA) is 86.8 Å². The number of hydrogen-bond acceptors (Lipinski definition) is 4. The SMILES string of the molecule is CC[C@H](C(=O)N[C@@H](C)CC)N(Cc1ccccc1Cl)C(=O)CCCN(c1ccccc1F)S(C)(=O)=O. The van der Waals surface area contributed by atoms with Gasteiger partial charge in [0.15, 0.2) is 0 Å². The third kappa shape index (κ3) is 8.20. The van der Waals surface area contributed by atoms with E-state index in [-0.39, 0.29) is 49.5 Å². The Balaban J connectivity index is 2.25. The van der Waals surface area contributed by atoms with E-state index in [4.69, 9.17) is 11.6 Å². The summed E-state index contributed by atoms with van der Waals surface area (Å²) in [6.07, 6.45) is 2.25. The number of amides is 2. The van der Waals surface area contributed by atoms with Crippen molar-refractivity contribution in [1.82, 2.24) is 10.2 Å². The van der Waals surface area contributed by atoms with Gasteiger partial charge in [-0.2, -0.15) is 0 Å². The van der Waals surface area contributed by atoms with Crippen LogP contribution in [0, 0.1) is 5.82 Å². The molecule has 36 heavy (non-hydrogen) atoms. The molecule has 0 spiro atoms. The van der Waals surface area contributed by atoms with Crippen molar-refractivity contribution in [1.29, 1.82) is 0 Å². The van der Waals surface area contributed by atoms with Gasteiger partial charge in [-0.05, 0) is 49.9 Å².